The number of aromatic nitrogens is 1. The quantitative estimate of drug-likeness (QED) is 0.866. The maximum absolute atomic E-state index is 5.31. The predicted molar refractivity (Wildman–Crippen MR) is 84.3 cm³/mol. The van der Waals surface area contributed by atoms with Crippen molar-refractivity contribution in [1.82, 2.24) is 9.88 Å². The summed E-state index contributed by atoms with van der Waals surface area (Å²) in [6.45, 7) is 0.961. The normalized spacial score (nSPS) is 28.3. The molecule has 1 aliphatic carbocycles. The maximum atomic E-state index is 5.31. The first kappa shape index (κ1) is 13.8. The molecule has 4 heterocycles. The Morgan fingerprint density at radius 2 is 2.09 bits per heavy atom. The van der Waals surface area contributed by atoms with Crippen molar-refractivity contribution in [2.24, 2.45) is 0 Å². The average Bonchev–Trinajstić information content (AvgIpc) is 2.55. The van der Waals surface area contributed by atoms with Gasteiger partial charge in [-0.3, -0.25) is 0 Å². The van der Waals surface area contributed by atoms with Crippen LogP contribution >= 0.6 is 0 Å². The molecule has 0 radical (unpaired) electrons. The van der Waals surface area contributed by atoms with Gasteiger partial charge in [-0.2, -0.15) is 0 Å². The van der Waals surface area contributed by atoms with Gasteiger partial charge in [0.25, 0.3) is 0 Å². The minimum absolute atomic E-state index is 0.0910. The average molecular weight is 299 g/mol. The van der Waals surface area contributed by atoms with Gasteiger partial charge >= 0.3 is 0 Å². The molecule has 1 fully saturated rings. The third-order valence-electron chi connectivity index (χ3n) is 4.96. The number of allylic oxidation sites excluding steroid dienone is 2. The van der Waals surface area contributed by atoms with Crippen LogP contribution in [0.2, 0.25) is 0 Å². The molecule has 5 rings (SSSR count). The molecule has 0 spiro atoms. The highest BCUT2D eigenvalue weighted by molar-refractivity contribution is 5.57. The highest BCUT2D eigenvalue weighted by Gasteiger charge is 2.54. The molecule has 116 valence electrons. The van der Waals surface area contributed by atoms with E-state index in [0.717, 1.165) is 30.9 Å². The number of rotatable bonds is 4. The Hall–Kier alpha value is -1.85. The maximum Gasteiger partial charge on any atom is 0.200 e. The molecule has 1 aromatic rings. The van der Waals surface area contributed by atoms with Crippen molar-refractivity contribution in [2.75, 3.05) is 26.1 Å². The van der Waals surface area contributed by atoms with E-state index in [4.69, 9.17) is 14.5 Å². The molecule has 0 saturated heterocycles. The van der Waals surface area contributed by atoms with E-state index in [1.54, 1.807) is 14.2 Å². The van der Waals surface area contributed by atoms with Crippen LogP contribution in [0.5, 0.6) is 0 Å². The number of nitrogens with one attached hydrogen (secondary N) is 1. The molecule has 0 unspecified atom stereocenters. The summed E-state index contributed by atoms with van der Waals surface area (Å²) in [6.07, 6.45) is 10.5. The Kier molecular flexibility index (Phi) is 3.20. The summed E-state index contributed by atoms with van der Waals surface area (Å²) in [5, 5.41) is 3.54. The molecule has 5 heteroatoms. The summed E-state index contributed by atoms with van der Waals surface area (Å²) >= 11 is 0. The zero-order valence-corrected chi connectivity index (χ0v) is 13.0. The highest BCUT2D eigenvalue weighted by atomic mass is 16.7. The molecule has 1 N–H and O–H groups in total. The number of pyridine rings is 1. The molecule has 0 amide bonds. The van der Waals surface area contributed by atoms with E-state index in [-0.39, 0.29) is 5.54 Å². The van der Waals surface area contributed by atoms with E-state index >= 15 is 0 Å². The minimum atomic E-state index is -0.417. The van der Waals surface area contributed by atoms with Crippen LogP contribution in [0.25, 0.3) is 0 Å². The van der Waals surface area contributed by atoms with Gasteiger partial charge < -0.3 is 19.7 Å². The van der Waals surface area contributed by atoms with E-state index in [9.17, 15) is 0 Å². The molecule has 0 atom stereocenters. The van der Waals surface area contributed by atoms with Crippen molar-refractivity contribution in [3.8, 4) is 0 Å². The lowest BCUT2D eigenvalue weighted by Crippen LogP contribution is -2.61. The van der Waals surface area contributed by atoms with Crippen LogP contribution in [-0.2, 0) is 15.0 Å². The number of nitrogens with zero attached hydrogens (tertiary/aromatic N) is 2. The second kappa shape index (κ2) is 5.11. The topological polar surface area (TPSA) is 46.6 Å². The summed E-state index contributed by atoms with van der Waals surface area (Å²) in [5.41, 5.74) is 2.18. The highest BCUT2D eigenvalue weighted by Crippen LogP contribution is 2.54. The minimum Gasteiger partial charge on any atom is -0.367 e. The van der Waals surface area contributed by atoms with Gasteiger partial charge in [-0.05, 0) is 25.0 Å². The molecule has 0 aromatic carbocycles. The molecule has 3 aliphatic heterocycles. The van der Waals surface area contributed by atoms with Gasteiger partial charge in [-0.1, -0.05) is 18.2 Å². The lowest BCUT2D eigenvalue weighted by molar-refractivity contribution is -0.108. The van der Waals surface area contributed by atoms with Gasteiger partial charge in [0.2, 0.25) is 6.29 Å². The Balaban J connectivity index is 1.71. The van der Waals surface area contributed by atoms with Crippen LogP contribution in [0.4, 0.5) is 5.82 Å². The van der Waals surface area contributed by atoms with Crippen molar-refractivity contribution in [3.63, 3.8) is 0 Å². The largest absolute Gasteiger partial charge is 0.367 e. The SMILES string of the molecule is COC(OC)c1ccc2c(n1)NC1CC2(N2C=CC=CC2)C1. The Bertz CT molecular complexity index is 631. The van der Waals surface area contributed by atoms with Crippen LogP contribution in [-0.4, -0.2) is 36.7 Å². The van der Waals surface area contributed by atoms with Crippen molar-refractivity contribution < 1.29 is 9.47 Å². The molecule has 1 aromatic heterocycles. The first-order valence-electron chi connectivity index (χ1n) is 7.70. The number of ether oxygens (including phenoxy) is 2. The Morgan fingerprint density at radius 3 is 2.77 bits per heavy atom. The standard InChI is InChI=1S/C17H21N3O2/c1-21-16(22-2)14-7-6-13-15(19-14)18-12-10-17(13,11-12)20-8-4-3-5-9-20/h3-8,12,16H,9-11H2,1-2H3,(H,18,19). The number of hydrogen-bond donors (Lipinski definition) is 1. The molecular weight excluding hydrogens is 278 g/mol. The third kappa shape index (κ3) is 1.89. The summed E-state index contributed by atoms with van der Waals surface area (Å²) in [7, 11) is 3.26. The molecule has 2 bridgehead atoms. The summed E-state index contributed by atoms with van der Waals surface area (Å²) in [4.78, 5) is 7.19. The van der Waals surface area contributed by atoms with Gasteiger partial charge in [-0.25, -0.2) is 4.98 Å². The van der Waals surface area contributed by atoms with E-state index < -0.39 is 6.29 Å². The second-order valence-corrected chi connectivity index (χ2v) is 6.14. The third-order valence-corrected chi connectivity index (χ3v) is 4.96. The van der Waals surface area contributed by atoms with Gasteiger partial charge in [0.15, 0.2) is 0 Å². The van der Waals surface area contributed by atoms with Crippen LogP contribution in [0.1, 0.15) is 30.4 Å². The van der Waals surface area contributed by atoms with Crippen molar-refractivity contribution in [3.05, 3.63) is 47.8 Å². The number of anilines is 1. The molecule has 1 saturated carbocycles. The molecule has 4 aliphatic rings. The number of hydrogen-bond acceptors (Lipinski definition) is 5. The number of methoxy groups -OCH3 is 2. The summed E-state index contributed by atoms with van der Waals surface area (Å²) in [5.74, 6) is 0.974. The Labute approximate surface area is 130 Å². The second-order valence-electron chi connectivity index (χ2n) is 6.14. The first-order valence-corrected chi connectivity index (χ1v) is 7.70. The van der Waals surface area contributed by atoms with Crippen LogP contribution < -0.4 is 5.32 Å². The zero-order valence-electron chi connectivity index (χ0n) is 13.0. The van der Waals surface area contributed by atoms with Crippen molar-refractivity contribution in [2.45, 2.75) is 30.7 Å². The van der Waals surface area contributed by atoms with E-state index in [1.807, 2.05) is 6.07 Å². The smallest absolute Gasteiger partial charge is 0.200 e. The van der Waals surface area contributed by atoms with Crippen LogP contribution in [0.15, 0.2) is 36.6 Å². The zero-order chi connectivity index (χ0) is 15.2. The van der Waals surface area contributed by atoms with Crippen molar-refractivity contribution in [1.29, 1.82) is 0 Å². The fraction of sp³-hybridized carbons (Fsp3) is 0.471. The first-order chi connectivity index (χ1) is 10.8. The van der Waals surface area contributed by atoms with Gasteiger partial charge in [-0.15, -0.1) is 0 Å². The van der Waals surface area contributed by atoms with Crippen LogP contribution in [0.3, 0.4) is 0 Å². The molecule has 22 heavy (non-hydrogen) atoms. The molecular formula is C17H21N3O2. The lowest BCUT2D eigenvalue weighted by atomic mass is 9.64. The molecule has 5 nitrogen and oxygen atoms in total. The fourth-order valence-electron chi connectivity index (χ4n) is 3.87. The van der Waals surface area contributed by atoms with Crippen molar-refractivity contribution >= 4 is 5.82 Å². The van der Waals surface area contributed by atoms with Gasteiger partial charge in [0.05, 0.1) is 11.2 Å². The van der Waals surface area contributed by atoms with E-state index in [1.165, 1.54) is 5.56 Å². The summed E-state index contributed by atoms with van der Waals surface area (Å²) < 4.78 is 10.6. The summed E-state index contributed by atoms with van der Waals surface area (Å²) in [6, 6.07) is 4.71. The fourth-order valence-corrected chi connectivity index (χ4v) is 3.87. The lowest BCUT2D eigenvalue weighted by Gasteiger charge is -2.58. The van der Waals surface area contributed by atoms with Crippen LogP contribution in [0, 0.1) is 0 Å². The van der Waals surface area contributed by atoms with E-state index in [0.29, 0.717) is 6.04 Å². The predicted octanol–water partition coefficient (Wildman–Crippen LogP) is 2.54. The van der Waals surface area contributed by atoms with E-state index in [2.05, 4.69) is 40.7 Å². The van der Waals surface area contributed by atoms with Gasteiger partial charge in [0, 0.05) is 38.6 Å². The Morgan fingerprint density at radius 1 is 1.27 bits per heavy atom. The van der Waals surface area contributed by atoms with Gasteiger partial charge in [0.1, 0.15) is 5.82 Å². The monoisotopic (exact) mass is 299 g/mol.